The first kappa shape index (κ1) is 13.0. The summed E-state index contributed by atoms with van der Waals surface area (Å²) in [6.07, 6.45) is 8.33. The summed E-state index contributed by atoms with van der Waals surface area (Å²) in [7, 11) is 0. The summed E-state index contributed by atoms with van der Waals surface area (Å²) < 4.78 is 0. The van der Waals surface area contributed by atoms with Gasteiger partial charge in [0.25, 0.3) is 0 Å². The lowest BCUT2D eigenvalue weighted by molar-refractivity contribution is 0.425. The summed E-state index contributed by atoms with van der Waals surface area (Å²) in [5.74, 6) is 0.979. The first-order valence-electron chi connectivity index (χ1n) is 6.92. The van der Waals surface area contributed by atoms with Crippen LogP contribution in [0.15, 0.2) is 5.51 Å². The zero-order chi connectivity index (χ0) is 12.1. The molecule has 0 saturated heterocycles. The van der Waals surface area contributed by atoms with Gasteiger partial charge in [-0.3, -0.25) is 0 Å². The summed E-state index contributed by atoms with van der Waals surface area (Å²) in [5, 5.41) is 3.72. The number of rotatable bonds is 4. The van der Waals surface area contributed by atoms with Crippen LogP contribution in [-0.4, -0.2) is 11.0 Å². The molecule has 1 aromatic rings. The predicted octanol–water partition coefficient (Wildman–Crippen LogP) is 3.90. The van der Waals surface area contributed by atoms with Crippen LogP contribution in [0.1, 0.15) is 56.0 Å². The Hall–Kier alpha value is -0.410. The van der Waals surface area contributed by atoms with Crippen molar-refractivity contribution >= 4 is 11.3 Å². The molecule has 17 heavy (non-hydrogen) atoms. The Morgan fingerprint density at radius 1 is 1.35 bits per heavy atom. The van der Waals surface area contributed by atoms with Gasteiger partial charge in [-0.05, 0) is 32.1 Å². The van der Waals surface area contributed by atoms with Gasteiger partial charge in [0.15, 0.2) is 0 Å². The summed E-state index contributed by atoms with van der Waals surface area (Å²) in [6, 6.07) is 0.730. The van der Waals surface area contributed by atoms with Crippen LogP contribution in [0.2, 0.25) is 0 Å². The summed E-state index contributed by atoms with van der Waals surface area (Å²) in [4.78, 5) is 5.71. The highest BCUT2D eigenvalue weighted by Gasteiger charge is 2.17. The number of hydrogen-bond acceptors (Lipinski definition) is 3. The van der Waals surface area contributed by atoms with Gasteiger partial charge in [0, 0.05) is 17.5 Å². The molecule has 3 heteroatoms. The van der Waals surface area contributed by atoms with Crippen molar-refractivity contribution in [2.45, 2.75) is 65.0 Å². The molecule has 2 rings (SSSR count). The Morgan fingerprint density at radius 2 is 2.24 bits per heavy atom. The molecule has 96 valence electrons. The molecule has 1 heterocycles. The zero-order valence-corrected chi connectivity index (χ0v) is 11.9. The molecule has 1 aliphatic rings. The molecular formula is C14H24N2S. The van der Waals surface area contributed by atoms with Crippen LogP contribution in [0.4, 0.5) is 0 Å². The first-order chi connectivity index (χ1) is 8.29. The Morgan fingerprint density at radius 3 is 2.94 bits per heavy atom. The molecule has 0 amide bonds. The number of thiazole rings is 1. The zero-order valence-electron chi connectivity index (χ0n) is 11.0. The van der Waals surface area contributed by atoms with E-state index in [1.54, 1.807) is 11.3 Å². The fourth-order valence-electron chi connectivity index (χ4n) is 2.72. The van der Waals surface area contributed by atoms with E-state index in [4.69, 9.17) is 0 Å². The molecule has 0 radical (unpaired) electrons. The second kappa shape index (κ2) is 6.50. The Labute approximate surface area is 109 Å². The maximum Gasteiger partial charge on any atom is 0.0798 e. The third-order valence-electron chi connectivity index (χ3n) is 4.06. The van der Waals surface area contributed by atoms with Gasteiger partial charge in [0.2, 0.25) is 0 Å². The molecule has 0 aliphatic heterocycles. The average Bonchev–Trinajstić information content (AvgIpc) is 2.63. The van der Waals surface area contributed by atoms with Crippen molar-refractivity contribution in [3.05, 3.63) is 16.1 Å². The second-order valence-electron chi connectivity index (χ2n) is 5.22. The Bertz CT molecular complexity index is 335. The van der Waals surface area contributed by atoms with Crippen molar-refractivity contribution in [3.8, 4) is 0 Å². The van der Waals surface area contributed by atoms with Crippen molar-refractivity contribution < 1.29 is 0 Å². The van der Waals surface area contributed by atoms with Crippen molar-refractivity contribution in [2.24, 2.45) is 5.92 Å². The molecule has 0 spiro atoms. The molecule has 0 aromatic carbocycles. The topological polar surface area (TPSA) is 24.9 Å². The van der Waals surface area contributed by atoms with Crippen LogP contribution in [0.3, 0.4) is 0 Å². The van der Waals surface area contributed by atoms with Gasteiger partial charge in [-0.2, -0.15) is 0 Å². The quantitative estimate of drug-likeness (QED) is 0.822. The minimum absolute atomic E-state index is 0.730. The van der Waals surface area contributed by atoms with Gasteiger partial charge in [-0.15, -0.1) is 11.3 Å². The molecule has 2 unspecified atom stereocenters. The van der Waals surface area contributed by atoms with E-state index in [9.17, 15) is 0 Å². The van der Waals surface area contributed by atoms with Crippen molar-refractivity contribution in [3.63, 3.8) is 0 Å². The van der Waals surface area contributed by atoms with E-state index in [0.717, 1.165) is 18.5 Å². The van der Waals surface area contributed by atoms with Crippen LogP contribution in [-0.2, 0) is 6.54 Å². The molecule has 1 fully saturated rings. The molecule has 0 bridgehead atoms. The highest BCUT2D eigenvalue weighted by molar-refractivity contribution is 7.09. The molecular weight excluding hydrogens is 228 g/mol. The highest BCUT2D eigenvalue weighted by atomic mass is 32.1. The van der Waals surface area contributed by atoms with Crippen LogP contribution >= 0.6 is 11.3 Å². The van der Waals surface area contributed by atoms with Crippen LogP contribution in [0, 0.1) is 12.8 Å². The second-order valence-corrected chi connectivity index (χ2v) is 6.16. The molecule has 1 N–H and O–H groups in total. The van der Waals surface area contributed by atoms with Crippen LogP contribution < -0.4 is 5.32 Å². The van der Waals surface area contributed by atoms with E-state index in [-0.39, 0.29) is 0 Å². The molecule has 2 nitrogen and oxygen atoms in total. The molecule has 1 aromatic heterocycles. The molecule has 1 saturated carbocycles. The third-order valence-corrected chi connectivity index (χ3v) is 5.00. The lowest BCUT2D eigenvalue weighted by Gasteiger charge is -2.16. The number of aromatic nitrogens is 1. The summed E-state index contributed by atoms with van der Waals surface area (Å²) in [6.45, 7) is 5.45. The number of aryl methyl sites for hydroxylation is 1. The smallest absolute Gasteiger partial charge is 0.0798 e. The summed E-state index contributed by atoms with van der Waals surface area (Å²) >= 11 is 1.77. The van der Waals surface area contributed by atoms with Crippen molar-refractivity contribution in [1.82, 2.24) is 10.3 Å². The van der Waals surface area contributed by atoms with E-state index in [1.807, 2.05) is 5.51 Å². The average molecular weight is 252 g/mol. The monoisotopic (exact) mass is 252 g/mol. The maximum atomic E-state index is 4.30. The van der Waals surface area contributed by atoms with Gasteiger partial charge >= 0.3 is 0 Å². The minimum Gasteiger partial charge on any atom is -0.309 e. The van der Waals surface area contributed by atoms with Gasteiger partial charge < -0.3 is 5.32 Å². The predicted molar refractivity (Wildman–Crippen MR) is 74.3 cm³/mol. The SMILES string of the molecule is CCC1CCCC(NCc2scnc2C)CC1. The lowest BCUT2D eigenvalue weighted by Crippen LogP contribution is -2.27. The standard InChI is InChI=1S/C14H24N2S/c1-3-12-5-4-6-13(8-7-12)15-9-14-11(2)16-10-17-14/h10,12-13,15H,3-9H2,1-2H3. The fraction of sp³-hybridized carbons (Fsp3) is 0.786. The third kappa shape index (κ3) is 3.78. The van der Waals surface area contributed by atoms with Gasteiger partial charge in [0.05, 0.1) is 11.2 Å². The molecule has 2 atom stereocenters. The van der Waals surface area contributed by atoms with Gasteiger partial charge in [-0.1, -0.05) is 26.2 Å². The Balaban J connectivity index is 1.78. The van der Waals surface area contributed by atoms with Crippen LogP contribution in [0.5, 0.6) is 0 Å². The molecule has 1 aliphatic carbocycles. The Kier molecular flexibility index (Phi) is 4.99. The van der Waals surface area contributed by atoms with Crippen molar-refractivity contribution in [1.29, 1.82) is 0 Å². The van der Waals surface area contributed by atoms with Gasteiger partial charge in [-0.25, -0.2) is 4.98 Å². The van der Waals surface area contributed by atoms with Gasteiger partial charge in [0.1, 0.15) is 0 Å². The van der Waals surface area contributed by atoms with Crippen LogP contribution in [0.25, 0.3) is 0 Å². The number of hydrogen-bond donors (Lipinski definition) is 1. The van der Waals surface area contributed by atoms with E-state index in [1.165, 1.54) is 49.1 Å². The number of nitrogens with zero attached hydrogens (tertiary/aromatic N) is 1. The normalized spacial score (nSPS) is 25.8. The van der Waals surface area contributed by atoms with E-state index < -0.39 is 0 Å². The largest absolute Gasteiger partial charge is 0.309 e. The summed E-state index contributed by atoms with van der Waals surface area (Å²) in [5.41, 5.74) is 3.15. The fourth-order valence-corrected chi connectivity index (χ4v) is 3.45. The maximum absolute atomic E-state index is 4.30. The van der Waals surface area contributed by atoms with E-state index in [0.29, 0.717) is 0 Å². The van der Waals surface area contributed by atoms with Crippen molar-refractivity contribution in [2.75, 3.05) is 0 Å². The minimum atomic E-state index is 0.730. The van der Waals surface area contributed by atoms with E-state index in [2.05, 4.69) is 24.1 Å². The van der Waals surface area contributed by atoms with E-state index >= 15 is 0 Å². The number of nitrogens with one attached hydrogen (secondary N) is 1. The first-order valence-corrected chi connectivity index (χ1v) is 7.80. The lowest BCUT2D eigenvalue weighted by atomic mass is 9.98. The highest BCUT2D eigenvalue weighted by Crippen LogP contribution is 2.25.